The second-order valence-corrected chi connectivity index (χ2v) is 5.23. The van der Waals surface area contributed by atoms with E-state index < -0.39 is 5.97 Å². The second-order valence-electron chi connectivity index (χ2n) is 5.23. The fraction of sp³-hybridized carbons (Fsp3) is 0.714. The Kier molecular flexibility index (Phi) is 4.96. The molecule has 2 rings (SSSR count). The van der Waals surface area contributed by atoms with Crippen molar-refractivity contribution in [3.05, 3.63) is 12.2 Å². The van der Waals surface area contributed by atoms with E-state index in [1.54, 1.807) is 0 Å². The summed E-state index contributed by atoms with van der Waals surface area (Å²) in [6.45, 7) is 1.02. The maximum Gasteiger partial charge on any atom is 0.323 e. The van der Waals surface area contributed by atoms with Crippen molar-refractivity contribution in [2.24, 2.45) is 5.92 Å². The van der Waals surface area contributed by atoms with Gasteiger partial charge in [0.15, 0.2) is 0 Å². The molecule has 5 nitrogen and oxygen atoms in total. The molecule has 1 N–H and O–H groups in total. The normalized spacial score (nSPS) is 23.5. The number of nitrogens with zero attached hydrogens (tertiary/aromatic N) is 1. The largest absolute Gasteiger partial charge is 0.480 e. The van der Waals surface area contributed by atoms with Gasteiger partial charge in [0.25, 0.3) is 0 Å². The second kappa shape index (κ2) is 6.70. The van der Waals surface area contributed by atoms with E-state index in [0.717, 1.165) is 25.7 Å². The van der Waals surface area contributed by atoms with E-state index in [1.807, 2.05) is 0 Å². The number of carboxylic acid groups (broad SMARTS) is 1. The molecule has 0 aromatic rings. The third-order valence-electron chi connectivity index (χ3n) is 3.81. The number of carbonyl (C=O) groups excluding carboxylic acids is 1. The zero-order valence-electron chi connectivity index (χ0n) is 11.1. The zero-order chi connectivity index (χ0) is 13.7. The van der Waals surface area contributed by atoms with Crippen LogP contribution >= 0.6 is 0 Å². The Labute approximate surface area is 113 Å². The van der Waals surface area contributed by atoms with Crippen molar-refractivity contribution >= 4 is 11.9 Å². The molecule has 19 heavy (non-hydrogen) atoms. The van der Waals surface area contributed by atoms with Gasteiger partial charge in [-0.1, -0.05) is 12.2 Å². The molecule has 2 aliphatic rings. The number of carbonyl (C=O) groups is 2. The van der Waals surface area contributed by atoms with Crippen LogP contribution in [0.4, 0.5) is 0 Å². The van der Waals surface area contributed by atoms with Gasteiger partial charge in [0.2, 0.25) is 5.91 Å². The number of hydrogen-bond donors (Lipinski definition) is 1. The molecule has 0 bridgehead atoms. The molecule has 0 aromatic heterocycles. The van der Waals surface area contributed by atoms with E-state index in [0.29, 0.717) is 19.6 Å². The molecule has 0 spiro atoms. The molecule has 1 saturated heterocycles. The molecule has 1 fully saturated rings. The first-order valence-electron chi connectivity index (χ1n) is 6.92. The summed E-state index contributed by atoms with van der Waals surface area (Å²) in [7, 11) is 0. The van der Waals surface area contributed by atoms with E-state index in [2.05, 4.69) is 12.2 Å². The van der Waals surface area contributed by atoms with Gasteiger partial charge in [-0.25, -0.2) is 0 Å². The van der Waals surface area contributed by atoms with Crippen LogP contribution in [0.15, 0.2) is 12.2 Å². The highest BCUT2D eigenvalue weighted by Gasteiger charge is 2.28. The Hall–Kier alpha value is -1.36. The lowest BCUT2D eigenvalue weighted by molar-refractivity contribution is -0.148. The highest BCUT2D eigenvalue weighted by Crippen LogP contribution is 2.23. The molecule has 106 valence electrons. The molecule has 5 heteroatoms. The quantitative estimate of drug-likeness (QED) is 0.765. The molecule has 1 aliphatic heterocycles. The van der Waals surface area contributed by atoms with E-state index in [4.69, 9.17) is 9.84 Å². The van der Waals surface area contributed by atoms with Crippen LogP contribution in [0, 0.1) is 5.92 Å². The zero-order valence-corrected chi connectivity index (χ0v) is 11.1. The summed E-state index contributed by atoms with van der Waals surface area (Å²) in [6, 6.07) is 0.0164. The van der Waals surface area contributed by atoms with Crippen molar-refractivity contribution in [1.29, 1.82) is 0 Å². The Bertz CT molecular complexity index is 360. The van der Waals surface area contributed by atoms with Gasteiger partial charge in [-0.15, -0.1) is 0 Å². The van der Waals surface area contributed by atoms with E-state index in [1.165, 1.54) is 4.90 Å². The maximum absolute atomic E-state index is 12.3. The van der Waals surface area contributed by atoms with Crippen molar-refractivity contribution in [2.45, 2.75) is 38.1 Å². The van der Waals surface area contributed by atoms with E-state index >= 15 is 0 Å². The molecule has 0 unspecified atom stereocenters. The lowest BCUT2D eigenvalue weighted by Crippen LogP contribution is -2.46. The number of carboxylic acids is 1. The fourth-order valence-corrected chi connectivity index (χ4v) is 2.77. The van der Waals surface area contributed by atoms with Crippen LogP contribution in [0.1, 0.15) is 32.1 Å². The molecule has 1 atom stereocenters. The number of amides is 1. The predicted octanol–water partition coefficient (Wildman–Crippen LogP) is 1.43. The van der Waals surface area contributed by atoms with Gasteiger partial charge in [-0.2, -0.15) is 0 Å². The Morgan fingerprint density at radius 2 is 2.00 bits per heavy atom. The number of rotatable bonds is 5. The minimum Gasteiger partial charge on any atom is -0.480 e. The van der Waals surface area contributed by atoms with Crippen LogP contribution in [-0.2, 0) is 14.3 Å². The summed E-state index contributed by atoms with van der Waals surface area (Å²) in [4.78, 5) is 24.8. The topological polar surface area (TPSA) is 66.8 Å². The van der Waals surface area contributed by atoms with Crippen molar-refractivity contribution in [2.75, 3.05) is 19.8 Å². The summed E-state index contributed by atoms with van der Waals surface area (Å²) >= 11 is 0. The molecule has 0 aromatic carbocycles. The SMILES string of the molecule is O=C(O)CN(C(=O)C[C@@H]1C=CCC1)C1CCOCC1. The average Bonchev–Trinajstić information content (AvgIpc) is 2.89. The molecule has 0 saturated carbocycles. The third kappa shape index (κ3) is 4.06. The lowest BCUT2D eigenvalue weighted by atomic mass is 10.0. The van der Waals surface area contributed by atoms with Crippen LogP contribution in [0.5, 0.6) is 0 Å². The maximum atomic E-state index is 12.3. The highest BCUT2D eigenvalue weighted by atomic mass is 16.5. The summed E-state index contributed by atoms with van der Waals surface area (Å²) in [5.41, 5.74) is 0. The van der Waals surface area contributed by atoms with Crippen LogP contribution in [-0.4, -0.2) is 47.7 Å². The number of aliphatic carboxylic acids is 1. The number of allylic oxidation sites excluding steroid dienone is 2. The van der Waals surface area contributed by atoms with Crippen molar-refractivity contribution in [3.63, 3.8) is 0 Å². The van der Waals surface area contributed by atoms with Gasteiger partial charge in [0.1, 0.15) is 6.54 Å². The van der Waals surface area contributed by atoms with Crippen LogP contribution in [0.25, 0.3) is 0 Å². The summed E-state index contributed by atoms with van der Waals surface area (Å²) in [5, 5.41) is 8.99. The minimum atomic E-state index is -0.943. The summed E-state index contributed by atoms with van der Waals surface area (Å²) in [5.74, 6) is -0.698. The Balaban J connectivity index is 1.96. The summed E-state index contributed by atoms with van der Waals surface area (Å²) in [6.07, 6.45) is 8.09. The van der Waals surface area contributed by atoms with Gasteiger partial charge in [-0.3, -0.25) is 9.59 Å². The van der Waals surface area contributed by atoms with Crippen LogP contribution < -0.4 is 0 Å². The minimum absolute atomic E-state index is 0.0164. The Morgan fingerprint density at radius 1 is 1.26 bits per heavy atom. The molecule has 0 radical (unpaired) electrons. The number of hydrogen-bond acceptors (Lipinski definition) is 3. The monoisotopic (exact) mass is 267 g/mol. The molecular formula is C14H21NO4. The molecule has 1 aliphatic carbocycles. The van der Waals surface area contributed by atoms with Crippen molar-refractivity contribution in [3.8, 4) is 0 Å². The predicted molar refractivity (Wildman–Crippen MR) is 69.7 cm³/mol. The van der Waals surface area contributed by atoms with Crippen molar-refractivity contribution in [1.82, 2.24) is 4.90 Å². The van der Waals surface area contributed by atoms with E-state index in [9.17, 15) is 9.59 Å². The first-order valence-corrected chi connectivity index (χ1v) is 6.92. The standard InChI is InChI=1S/C14H21NO4/c16-13(9-11-3-1-2-4-11)15(10-14(17)18)12-5-7-19-8-6-12/h1,3,11-12H,2,4-10H2,(H,17,18)/t11-/m1/s1. The fourth-order valence-electron chi connectivity index (χ4n) is 2.77. The van der Waals surface area contributed by atoms with Gasteiger partial charge < -0.3 is 14.7 Å². The molecule has 1 amide bonds. The van der Waals surface area contributed by atoms with Gasteiger partial charge in [-0.05, 0) is 31.6 Å². The first-order chi connectivity index (χ1) is 9.16. The first kappa shape index (κ1) is 14.1. The summed E-state index contributed by atoms with van der Waals surface area (Å²) < 4.78 is 5.27. The third-order valence-corrected chi connectivity index (χ3v) is 3.81. The molecular weight excluding hydrogens is 246 g/mol. The van der Waals surface area contributed by atoms with Gasteiger partial charge >= 0.3 is 5.97 Å². The molecule has 1 heterocycles. The lowest BCUT2D eigenvalue weighted by Gasteiger charge is -2.33. The average molecular weight is 267 g/mol. The van der Waals surface area contributed by atoms with Crippen LogP contribution in [0.3, 0.4) is 0 Å². The Morgan fingerprint density at radius 3 is 2.58 bits per heavy atom. The van der Waals surface area contributed by atoms with Gasteiger partial charge in [0.05, 0.1) is 0 Å². The van der Waals surface area contributed by atoms with Gasteiger partial charge in [0, 0.05) is 25.7 Å². The van der Waals surface area contributed by atoms with Crippen molar-refractivity contribution < 1.29 is 19.4 Å². The highest BCUT2D eigenvalue weighted by molar-refractivity contribution is 5.82. The van der Waals surface area contributed by atoms with E-state index in [-0.39, 0.29) is 24.4 Å². The number of ether oxygens (including phenoxy) is 1. The van der Waals surface area contributed by atoms with Crippen LogP contribution in [0.2, 0.25) is 0 Å². The smallest absolute Gasteiger partial charge is 0.323 e.